The summed E-state index contributed by atoms with van der Waals surface area (Å²) in [7, 11) is 0. The van der Waals surface area contributed by atoms with E-state index in [9.17, 15) is 38.6 Å². The summed E-state index contributed by atoms with van der Waals surface area (Å²) in [5.41, 5.74) is -0.537. The zero-order chi connectivity index (χ0) is 25.9. The maximum absolute atomic E-state index is 13.3. The molecule has 3 rings (SSSR count). The number of hydrogen-bond donors (Lipinski definition) is 4. The van der Waals surface area contributed by atoms with E-state index in [0.717, 1.165) is 6.07 Å². The van der Waals surface area contributed by atoms with Crippen molar-refractivity contribution in [2.45, 2.75) is 6.54 Å². The number of ketones is 2. The molecular weight excluding hydrogens is 465 g/mol. The first-order valence-corrected chi connectivity index (χ1v) is 9.76. The van der Waals surface area contributed by atoms with Gasteiger partial charge in [-0.05, 0) is 35.9 Å². The van der Waals surface area contributed by atoms with E-state index in [1.54, 1.807) is 0 Å². The Balaban J connectivity index is 2.25. The van der Waals surface area contributed by atoms with Gasteiger partial charge in [0, 0.05) is 35.8 Å². The van der Waals surface area contributed by atoms with Crippen molar-refractivity contribution in [1.82, 2.24) is 4.57 Å². The smallest absolute Gasteiger partial charge is 0.376 e. The first-order chi connectivity index (χ1) is 16.5. The van der Waals surface area contributed by atoms with Gasteiger partial charge in [0.2, 0.25) is 0 Å². The molecule has 0 fully saturated rings. The van der Waals surface area contributed by atoms with Gasteiger partial charge in [-0.2, -0.15) is 0 Å². The maximum Gasteiger partial charge on any atom is 0.376 e. The summed E-state index contributed by atoms with van der Waals surface area (Å²) in [5, 5.41) is 37.8. The number of carbonyl (C=O) groups excluding carboxylic acids is 2. The molecule has 0 saturated heterocycles. The fourth-order valence-electron chi connectivity index (χ4n) is 3.19. The summed E-state index contributed by atoms with van der Waals surface area (Å²) in [4.78, 5) is 57.6. The van der Waals surface area contributed by atoms with E-state index in [-0.39, 0.29) is 23.0 Å². The van der Waals surface area contributed by atoms with Gasteiger partial charge in [-0.1, -0.05) is 12.1 Å². The molecule has 0 unspecified atom stereocenters. The van der Waals surface area contributed by atoms with Crippen LogP contribution in [0.5, 0.6) is 0 Å². The lowest BCUT2D eigenvalue weighted by Crippen LogP contribution is -2.17. The molecule has 0 bridgehead atoms. The lowest BCUT2D eigenvalue weighted by atomic mass is 10.0. The Morgan fingerprint density at radius 1 is 0.829 bits per heavy atom. The van der Waals surface area contributed by atoms with E-state index >= 15 is 0 Å². The third-order valence-corrected chi connectivity index (χ3v) is 4.88. The number of halogens is 1. The molecule has 0 amide bonds. The number of carboxylic acids is 2. The number of aliphatic hydroxyl groups is 2. The zero-order valence-corrected chi connectivity index (χ0v) is 17.6. The van der Waals surface area contributed by atoms with Gasteiger partial charge in [-0.3, -0.25) is 14.4 Å². The second-order valence-corrected chi connectivity index (χ2v) is 7.26. The van der Waals surface area contributed by atoms with Crippen LogP contribution in [-0.2, 0) is 25.7 Å². The lowest BCUT2D eigenvalue weighted by Gasteiger charge is -2.14. The molecule has 0 aliphatic carbocycles. The normalized spacial score (nSPS) is 11.9. The first-order valence-electron chi connectivity index (χ1n) is 9.76. The number of aliphatic hydroxyl groups excluding tert-OH is 2. The van der Waals surface area contributed by atoms with Crippen molar-refractivity contribution in [2.75, 3.05) is 0 Å². The minimum Gasteiger partial charge on any atom is -0.507 e. The molecule has 3 aromatic rings. The van der Waals surface area contributed by atoms with Crippen molar-refractivity contribution in [3.63, 3.8) is 0 Å². The standard InChI is InChI=1S/C24H16FNO9/c25-14-4-1-12(2-5-14)10-26-11-16(19(28)9-21(30)24(34)35)22(31)15-7-13(3-6-17(15)26)18(27)8-20(29)23(32)33/h1-9,11,27-28H,10H2,(H,32,33)(H,34,35). The molecule has 1 aromatic heterocycles. The third kappa shape index (κ3) is 5.47. The molecule has 2 aromatic carbocycles. The average molecular weight is 481 g/mol. The molecule has 4 N–H and O–H groups in total. The zero-order valence-electron chi connectivity index (χ0n) is 17.6. The third-order valence-electron chi connectivity index (χ3n) is 4.88. The SMILES string of the molecule is O=C(O)C(=O)C=C(O)c1ccc2c(c1)c(=O)c(C(O)=CC(=O)C(=O)O)cn2Cc1ccc(F)cc1. The molecule has 1 heterocycles. The first kappa shape index (κ1) is 24.6. The quantitative estimate of drug-likeness (QED) is 0.214. The number of carbonyl (C=O) groups is 4. The summed E-state index contributed by atoms with van der Waals surface area (Å²) < 4.78 is 14.8. The monoisotopic (exact) mass is 481 g/mol. The highest BCUT2D eigenvalue weighted by molar-refractivity contribution is 6.39. The van der Waals surface area contributed by atoms with Crippen molar-refractivity contribution in [3.8, 4) is 0 Å². The van der Waals surface area contributed by atoms with Crippen molar-refractivity contribution in [1.29, 1.82) is 0 Å². The number of benzene rings is 2. The molecule has 0 aliphatic rings. The predicted molar refractivity (Wildman–Crippen MR) is 120 cm³/mol. The van der Waals surface area contributed by atoms with Crippen LogP contribution in [0.4, 0.5) is 4.39 Å². The van der Waals surface area contributed by atoms with Crippen molar-refractivity contribution in [3.05, 3.63) is 93.5 Å². The van der Waals surface area contributed by atoms with Crippen LogP contribution in [0.15, 0.2) is 65.6 Å². The van der Waals surface area contributed by atoms with Gasteiger partial charge in [-0.25, -0.2) is 14.0 Å². The van der Waals surface area contributed by atoms with Crippen LogP contribution in [0.25, 0.3) is 22.4 Å². The van der Waals surface area contributed by atoms with Crippen LogP contribution in [0, 0.1) is 5.82 Å². The van der Waals surface area contributed by atoms with E-state index in [4.69, 9.17) is 10.2 Å². The fraction of sp³-hybridized carbons (Fsp3) is 0.0417. The van der Waals surface area contributed by atoms with Gasteiger partial charge >= 0.3 is 11.9 Å². The van der Waals surface area contributed by atoms with Gasteiger partial charge in [0.25, 0.3) is 11.6 Å². The second-order valence-electron chi connectivity index (χ2n) is 7.26. The fourth-order valence-corrected chi connectivity index (χ4v) is 3.19. The Labute approximate surface area is 195 Å². The highest BCUT2D eigenvalue weighted by Gasteiger charge is 2.18. The van der Waals surface area contributed by atoms with Gasteiger partial charge in [0.15, 0.2) is 5.43 Å². The van der Waals surface area contributed by atoms with E-state index in [2.05, 4.69) is 0 Å². The number of nitrogens with zero attached hydrogens (tertiary/aromatic N) is 1. The van der Waals surface area contributed by atoms with Crippen molar-refractivity contribution in [2.24, 2.45) is 0 Å². The Morgan fingerprint density at radius 2 is 1.40 bits per heavy atom. The number of aliphatic carboxylic acids is 2. The summed E-state index contributed by atoms with van der Waals surface area (Å²) in [6.07, 6.45) is 1.99. The largest absolute Gasteiger partial charge is 0.507 e. The van der Waals surface area contributed by atoms with Gasteiger partial charge in [0.1, 0.15) is 17.3 Å². The van der Waals surface area contributed by atoms with E-state index < -0.39 is 51.8 Å². The van der Waals surface area contributed by atoms with Crippen molar-refractivity contribution < 1.29 is 44.0 Å². The molecular formula is C24H16FNO9. The Hall–Kier alpha value is -5.06. The number of fused-ring (bicyclic) bond motifs is 1. The van der Waals surface area contributed by atoms with Crippen molar-refractivity contribution >= 4 is 45.9 Å². The topological polar surface area (TPSA) is 171 Å². The number of carboxylic acid groups (broad SMARTS) is 2. The Bertz CT molecular complexity index is 1500. The molecule has 10 nitrogen and oxygen atoms in total. The van der Waals surface area contributed by atoms with Gasteiger partial charge in [0.05, 0.1) is 11.1 Å². The lowest BCUT2D eigenvalue weighted by molar-refractivity contribution is -0.146. The summed E-state index contributed by atoms with van der Waals surface area (Å²) in [5.74, 6) is -8.69. The Kier molecular flexibility index (Phi) is 6.90. The van der Waals surface area contributed by atoms with Crippen LogP contribution in [0.2, 0.25) is 0 Å². The molecule has 35 heavy (non-hydrogen) atoms. The number of rotatable bonds is 8. The van der Waals surface area contributed by atoms with E-state index in [1.807, 2.05) is 0 Å². The van der Waals surface area contributed by atoms with Gasteiger partial charge < -0.3 is 25.0 Å². The molecule has 11 heteroatoms. The maximum atomic E-state index is 13.3. The highest BCUT2D eigenvalue weighted by atomic mass is 19.1. The summed E-state index contributed by atoms with van der Waals surface area (Å²) in [6.45, 7) is 0.0584. The molecule has 0 spiro atoms. The number of hydrogen-bond acceptors (Lipinski definition) is 7. The number of aromatic nitrogens is 1. The molecule has 0 aliphatic heterocycles. The summed E-state index contributed by atoms with van der Waals surface area (Å²) in [6, 6.07) is 9.21. The minimum absolute atomic E-state index is 0.0584. The van der Waals surface area contributed by atoms with Crippen LogP contribution < -0.4 is 5.43 Å². The van der Waals surface area contributed by atoms with Crippen LogP contribution in [-0.4, -0.2) is 48.5 Å². The van der Waals surface area contributed by atoms with Gasteiger partial charge in [-0.15, -0.1) is 0 Å². The highest BCUT2D eigenvalue weighted by Crippen LogP contribution is 2.22. The van der Waals surface area contributed by atoms with Crippen LogP contribution in [0.1, 0.15) is 16.7 Å². The number of pyridine rings is 1. The predicted octanol–water partition coefficient (Wildman–Crippen LogP) is 2.29. The second kappa shape index (κ2) is 9.83. The minimum atomic E-state index is -1.86. The Morgan fingerprint density at radius 3 is 1.97 bits per heavy atom. The van der Waals surface area contributed by atoms with E-state index in [0.29, 0.717) is 17.7 Å². The molecule has 0 radical (unpaired) electrons. The summed E-state index contributed by atoms with van der Waals surface area (Å²) >= 11 is 0. The average Bonchev–Trinajstić information content (AvgIpc) is 2.81. The molecule has 178 valence electrons. The van der Waals surface area contributed by atoms with Crippen LogP contribution >= 0.6 is 0 Å². The van der Waals surface area contributed by atoms with E-state index in [1.165, 1.54) is 47.2 Å². The van der Waals surface area contributed by atoms with Crippen LogP contribution in [0.3, 0.4) is 0 Å². The molecule has 0 atom stereocenters. The molecule has 0 saturated carbocycles.